The molecule has 1 aromatic heterocycles. The number of ether oxygens (including phenoxy) is 1. The number of rotatable bonds is 16. The summed E-state index contributed by atoms with van der Waals surface area (Å²) in [6, 6.07) is 9.00. The van der Waals surface area contributed by atoms with Crippen molar-refractivity contribution in [3.63, 3.8) is 0 Å². The zero-order valence-corrected chi connectivity index (χ0v) is 27.3. The summed E-state index contributed by atoms with van der Waals surface area (Å²) in [6.45, 7) is 4.99. The Kier molecular flexibility index (Phi) is 14.4. The third-order valence-corrected chi connectivity index (χ3v) is 8.91. The van der Waals surface area contributed by atoms with E-state index in [1.54, 1.807) is 23.3 Å². The van der Waals surface area contributed by atoms with Crippen LogP contribution in [0.4, 0.5) is 0 Å². The summed E-state index contributed by atoms with van der Waals surface area (Å²) in [6.07, 6.45) is 16.9. The number of hydrogen-bond donors (Lipinski definition) is 1. The van der Waals surface area contributed by atoms with Gasteiger partial charge in [0.25, 0.3) is 11.8 Å². The second kappa shape index (κ2) is 18.7. The summed E-state index contributed by atoms with van der Waals surface area (Å²) in [4.78, 5) is 52.1. The SMILES string of the molecule is CC(C)CCC(=O)N([C@@H](CCCC1CCCCC1)C(=O)NO[C@@H]1CCCCO1)N(CCc1ccccc1)C(=O)Cn1ccnc1. The molecule has 2 aliphatic rings. The molecule has 0 spiro atoms. The number of imidazole rings is 1. The van der Waals surface area contributed by atoms with Gasteiger partial charge in [0.2, 0.25) is 5.91 Å². The third kappa shape index (κ3) is 11.6. The van der Waals surface area contributed by atoms with Crippen molar-refractivity contribution in [1.29, 1.82) is 0 Å². The molecular formula is C35H53N5O5. The highest BCUT2D eigenvalue weighted by Crippen LogP contribution is 2.29. The molecule has 2 heterocycles. The molecule has 2 atom stereocenters. The van der Waals surface area contributed by atoms with Gasteiger partial charge in [0.1, 0.15) is 12.6 Å². The van der Waals surface area contributed by atoms with Gasteiger partial charge in [-0.2, -0.15) is 0 Å². The topological polar surface area (TPSA) is 106 Å². The highest BCUT2D eigenvalue weighted by Gasteiger charge is 2.37. The molecule has 1 saturated carbocycles. The molecule has 248 valence electrons. The first-order chi connectivity index (χ1) is 21.9. The fraction of sp³-hybridized carbons (Fsp3) is 0.657. The lowest BCUT2D eigenvalue weighted by atomic mass is 9.85. The number of hydroxylamine groups is 1. The maximum Gasteiger partial charge on any atom is 0.268 e. The zero-order chi connectivity index (χ0) is 31.9. The van der Waals surface area contributed by atoms with Gasteiger partial charge in [-0.15, -0.1) is 0 Å². The number of carbonyl (C=O) groups excluding carboxylic acids is 3. The van der Waals surface area contributed by atoms with Gasteiger partial charge in [0.05, 0.1) is 6.33 Å². The molecule has 0 unspecified atom stereocenters. The minimum atomic E-state index is -0.903. The molecule has 3 amide bonds. The van der Waals surface area contributed by atoms with Crippen LogP contribution in [0.2, 0.25) is 0 Å². The number of nitrogens with zero attached hydrogens (tertiary/aromatic N) is 4. The van der Waals surface area contributed by atoms with Crippen LogP contribution in [-0.2, 0) is 36.9 Å². The lowest BCUT2D eigenvalue weighted by Gasteiger charge is -2.40. The molecule has 0 radical (unpaired) electrons. The van der Waals surface area contributed by atoms with E-state index in [-0.39, 0.29) is 31.3 Å². The van der Waals surface area contributed by atoms with Gasteiger partial charge >= 0.3 is 0 Å². The molecule has 1 N–H and O–H groups in total. The average molecular weight is 624 g/mol. The van der Waals surface area contributed by atoms with Crippen LogP contribution in [0.1, 0.15) is 103 Å². The molecule has 1 aliphatic heterocycles. The highest BCUT2D eigenvalue weighted by atomic mass is 16.8. The summed E-state index contributed by atoms with van der Waals surface area (Å²) in [5.41, 5.74) is 3.69. The second-order valence-corrected chi connectivity index (χ2v) is 13.0. The highest BCUT2D eigenvalue weighted by molar-refractivity contribution is 5.89. The number of aromatic nitrogens is 2. The van der Waals surface area contributed by atoms with Crippen LogP contribution >= 0.6 is 0 Å². The Hall–Kier alpha value is -3.24. The Morgan fingerprint density at radius 2 is 1.80 bits per heavy atom. The molecular weight excluding hydrogens is 570 g/mol. The quantitative estimate of drug-likeness (QED) is 0.236. The van der Waals surface area contributed by atoms with Crippen molar-refractivity contribution in [2.75, 3.05) is 13.2 Å². The minimum Gasteiger partial charge on any atom is -0.350 e. The van der Waals surface area contributed by atoms with E-state index in [2.05, 4.69) is 24.3 Å². The van der Waals surface area contributed by atoms with Crippen molar-refractivity contribution in [2.45, 2.75) is 123 Å². The van der Waals surface area contributed by atoms with Crippen LogP contribution in [-0.4, -0.2) is 62.8 Å². The maximum atomic E-state index is 14.2. The largest absolute Gasteiger partial charge is 0.350 e. The van der Waals surface area contributed by atoms with Gasteiger partial charge in [-0.1, -0.05) is 89.1 Å². The number of amides is 3. The van der Waals surface area contributed by atoms with Gasteiger partial charge in [0.15, 0.2) is 6.29 Å². The van der Waals surface area contributed by atoms with Crippen LogP contribution in [0.25, 0.3) is 0 Å². The van der Waals surface area contributed by atoms with Crippen LogP contribution in [0, 0.1) is 11.8 Å². The van der Waals surface area contributed by atoms with E-state index in [9.17, 15) is 14.4 Å². The first kappa shape index (κ1) is 34.6. The fourth-order valence-electron chi connectivity index (χ4n) is 6.29. The van der Waals surface area contributed by atoms with E-state index in [0.717, 1.165) is 31.2 Å². The van der Waals surface area contributed by atoms with Crippen LogP contribution in [0.5, 0.6) is 0 Å². The first-order valence-corrected chi connectivity index (χ1v) is 17.1. The van der Waals surface area contributed by atoms with E-state index in [1.807, 2.05) is 30.3 Å². The van der Waals surface area contributed by atoms with Gasteiger partial charge in [-0.3, -0.25) is 14.4 Å². The summed E-state index contributed by atoms with van der Waals surface area (Å²) in [5, 5.41) is 2.98. The molecule has 10 heteroatoms. The number of nitrogens with one attached hydrogen (secondary N) is 1. The van der Waals surface area contributed by atoms with Gasteiger partial charge in [-0.05, 0) is 49.5 Å². The van der Waals surface area contributed by atoms with Gasteiger partial charge < -0.3 is 9.30 Å². The Balaban J connectivity index is 1.62. The summed E-state index contributed by atoms with van der Waals surface area (Å²) in [5.74, 6) is -0.00569. The van der Waals surface area contributed by atoms with Crippen molar-refractivity contribution in [3.05, 3.63) is 54.6 Å². The summed E-state index contributed by atoms with van der Waals surface area (Å²) >= 11 is 0. The van der Waals surface area contributed by atoms with E-state index in [1.165, 1.54) is 42.1 Å². The summed E-state index contributed by atoms with van der Waals surface area (Å²) < 4.78 is 7.37. The van der Waals surface area contributed by atoms with E-state index in [0.29, 0.717) is 44.1 Å². The minimum absolute atomic E-state index is 0.00553. The molecule has 1 aliphatic carbocycles. The number of benzene rings is 1. The number of carbonyl (C=O) groups is 3. The first-order valence-electron chi connectivity index (χ1n) is 17.1. The third-order valence-electron chi connectivity index (χ3n) is 8.91. The van der Waals surface area contributed by atoms with Crippen LogP contribution in [0.15, 0.2) is 49.1 Å². The van der Waals surface area contributed by atoms with Crippen molar-refractivity contribution >= 4 is 17.7 Å². The number of hydrazine groups is 1. The molecule has 45 heavy (non-hydrogen) atoms. The Bertz CT molecular complexity index is 1150. The van der Waals surface area contributed by atoms with Crippen molar-refractivity contribution in [3.8, 4) is 0 Å². The molecule has 10 nitrogen and oxygen atoms in total. The summed E-state index contributed by atoms with van der Waals surface area (Å²) in [7, 11) is 0. The average Bonchev–Trinajstić information content (AvgIpc) is 3.57. The standard InChI is InChI=1S/C35H53N5O5/c1-28(2)19-20-32(41)40(39(23-21-30-14-7-4-8-15-30)33(42)26-38-24-22-36-27-38)31(17-11-16-29-12-5-3-6-13-29)35(43)37-45-34-18-9-10-25-44-34/h4,7-8,14-15,22,24,27-29,31,34H,3,5-6,9-13,16-21,23,25-26H2,1-2H3,(H,37,43)/t31-,34+/m0/s1. The monoisotopic (exact) mass is 623 g/mol. The number of hydrogen-bond acceptors (Lipinski definition) is 6. The normalized spacial score (nSPS) is 18.0. The predicted octanol–water partition coefficient (Wildman–Crippen LogP) is 5.83. The smallest absolute Gasteiger partial charge is 0.268 e. The molecule has 2 fully saturated rings. The molecule has 2 aromatic rings. The van der Waals surface area contributed by atoms with Crippen molar-refractivity contribution in [1.82, 2.24) is 25.0 Å². The lowest BCUT2D eigenvalue weighted by molar-refractivity contribution is -0.206. The predicted molar refractivity (Wildman–Crippen MR) is 172 cm³/mol. The maximum absolute atomic E-state index is 14.2. The van der Waals surface area contributed by atoms with Crippen LogP contribution < -0.4 is 5.48 Å². The fourth-order valence-corrected chi connectivity index (χ4v) is 6.29. The second-order valence-electron chi connectivity index (χ2n) is 13.0. The van der Waals surface area contributed by atoms with Crippen molar-refractivity contribution < 1.29 is 24.0 Å². The molecule has 0 bridgehead atoms. The van der Waals surface area contributed by atoms with E-state index < -0.39 is 18.2 Å². The van der Waals surface area contributed by atoms with E-state index in [4.69, 9.17) is 9.57 Å². The molecule has 1 aromatic carbocycles. The molecule has 4 rings (SSSR count). The molecule has 1 saturated heterocycles. The Morgan fingerprint density at radius 1 is 1.02 bits per heavy atom. The lowest BCUT2D eigenvalue weighted by Crippen LogP contribution is -2.60. The Morgan fingerprint density at radius 3 is 2.49 bits per heavy atom. The van der Waals surface area contributed by atoms with E-state index >= 15 is 0 Å². The Labute approximate surface area is 268 Å². The van der Waals surface area contributed by atoms with Crippen molar-refractivity contribution in [2.24, 2.45) is 11.8 Å². The van der Waals surface area contributed by atoms with Gasteiger partial charge in [0, 0.05) is 38.4 Å². The van der Waals surface area contributed by atoms with Crippen LogP contribution in [0.3, 0.4) is 0 Å². The van der Waals surface area contributed by atoms with Gasteiger partial charge in [-0.25, -0.2) is 25.3 Å². The zero-order valence-electron chi connectivity index (χ0n) is 27.3.